The van der Waals surface area contributed by atoms with Crippen molar-refractivity contribution >= 4 is 23.2 Å². The van der Waals surface area contributed by atoms with Crippen LogP contribution in [0.1, 0.15) is 33.1 Å². The van der Waals surface area contributed by atoms with E-state index in [0.29, 0.717) is 11.1 Å². The van der Waals surface area contributed by atoms with Crippen molar-refractivity contribution in [2.45, 2.75) is 12.6 Å². The summed E-state index contributed by atoms with van der Waals surface area (Å²) in [7, 11) is 1.42. The molecule has 9 nitrogen and oxygen atoms in total. The minimum atomic E-state index is -1.16. The average Bonchev–Trinajstić information content (AvgIpc) is 3.00. The van der Waals surface area contributed by atoms with Crippen LogP contribution in [-0.4, -0.2) is 23.8 Å². The number of nitrogens with zero attached hydrogens (tertiary/aromatic N) is 1. The maximum Gasteiger partial charge on any atom is 0.320 e. The number of ether oxygens (including phenoxy) is 2. The molecule has 4 aromatic rings. The number of nitrogens with one attached hydrogen (secondary N) is 2. The molecule has 0 fully saturated rings. The molecule has 0 spiro atoms. The Labute approximate surface area is 230 Å². The van der Waals surface area contributed by atoms with Crippen LogP contribution in [0.5, 0.6) is 11.5 Å². The fourth-order valence-electron chi connectivity index (χ4n) is 4.58. The molecule has 0 aromatic heterocycles. The Balaban J connectivity index is 1.67. The van der Waals surface area contributed by atoms with Crippen molar-refractivity contribution < 1.29 is 24.0 Å². The summed E-state index contributed by atoms with van der Waals surface area (Å²) in [5.74, 6) is -0.0167. The Hall–Kier alpha value is -5.44. The number of ketones is 1. The zero-order valence-electron chi connectivity index (χ0n) is 21.5. The van der Waals surface area contributed by atoms with Crippen LogP contribution in [0.4, 0.5) is 10.5 Å². The SMILES string of the molecule is COc1cc([C@@H]2NC(=O)NC(c3ccccc3)=C2C(=O)c2ccccc2)c([N+](=O)[O-])cc1OCc1ccccc1. The minimum absolute atomic E-state index is 0.0801. The lowest BCUT2D eigenvalue weighted by molar-refractivity contribution is -0.385. The minimum Gasteiger partial charge on any atom is -0.493 e. The lowest BCUT2D eigenvalue weighted by Crippen LogP contribution is -2.45. The van der Waals surface area contributed by atoms with Crippen molar-refractivity contribution in [3.05, 3.63) is 141 Å². The predicted molar refractivity (Wildman–Crippen MR) is 149 cm³/mol. The smallest absolute Gasteiger partial charge is 0.320 e. The average molecular weight is 536 g/mol. The molecule has 0 radical (unpaired) electrons. The summed E-state index contributed by atoms with van der Waals surface area (Å²) in [6.45, 7) is 0.160. The van der Waals surface area contributed by atoms with Gasteiger partial charge < -0.3 is 20.1 Å². The fourth-order valence-corrected chi connectivity index (χ4v) is 4.58. The third kappa shape index (κ3) is 5.39. The van der Waals surface area contributed by atoms with Crippen LogP contribution in [0.2, 0.25) is 0 Å². The number of nitro benzene ring substituents is 1. The highest BCUT2D eigenvalue weighted by Crippen LogP contribution is 2.42. The van der Waals surface area contributed by atoms with Gasteiger partial charge in [-0.3, -0.25) is 14.9 Å². The lowest BCUT2D eigenvalue weighted by Gasteiger charge is -2.30. The molecule has 200 valence electrons. The number of hydrogen-bond donors (Lipinski definition) is 2. The molecule has 40 heavy (non-hydrogen) atoms. The molecule has 1 heterocycles. The number of carbonyl (C=O) groups is 2. The van der Waals surface area contributed by atoms with E-state index in [2.05, 4.69) is 10.6 Å². The van der Waals surface area contributed by atoms with Gasteiger partial charge in [-0.2, -0.15) is 0 Å². The summed E-state index contributed by atoms with van der Waals surface area (Å²) < 4.78 is 11.4. The summed E-state index contributed by atoms with van der Waals surface area (Å²) in [5, 5.41) is 17.8. The van der Waals surface area contributed by atoms with E-state index in [1.165, 1.54) is 19.2 Å². The Bertz CT molecular complexity index is 1590. The first-order valence-electron chi connectivity index (χ1n) is 12.5. The van der Waals surface area contributed by atoms with E-state index in [9.17, 15) is 19.7 Å². The first kappa shape index (κ1) is 26.2. The summed E-state index contributed by atoms with van der Waals surface area (Å²) >= 11 is 0. The number of amides is 2. The molecule has 0 unspecified atom stereocenters. The number of hydrogen-bond acceptors (Lipinski definition) is 6. The lowest BCUT2D eigenvalue weighted by atomic mass is 9.86. The molecular weight excluding hydrogens is 510 g/mol. The van der Waals surface area contributed by atoms with E-state index in [4.69, 9.17) is 9.47 Å². The van der Waals surface area contributed by atoms with Crippen molar-refractivity contribution in [3.63, 3.8) is 0 Å². The van der Waals surface area contributed by atoms with Crippen LogP contribution >= 0.6 is 0 Å². The van der Waals surface area contributed by atoms with E-state index in [1.54, 1.807) is 54.6 Å². The number of rotatable bonds is 9. The van der Waals surface area contributed by atoms with Gasteiger partial charge in [-0.05, 0) is 17.2 Å². The Kier molecular flexibility index (Phi) is 7.54. The van der Waals surface area contributed by atoms with Crippen LogP contribution in [0.3, 0.4) is 0 Å². The fraction of sp³-hybridized carbons (Fsp3) is 0.0968. The van der Waals surface area contributed by atoms with Crippen molar-refractivity contribution in [2.75, 3.05) is 7.11 Å². The predicted octanol–water partition coefficient (Wildman–Crippen LogP) is 5.83. The van der Waals surface area contributed by atoms with Crippen LogP contribution in [0.25, 0.3) is 5.70 Å². The van der Waals surface area contributed by atoms with E-state index < -0.39 is 22.8 Å². The molecular formula is C31H25N3O6. The number of benzene rings is 4. The monoisotopic (exact) mass is 535 g/mol. The van der Waals surface area contributed by atoms with Crippen LogP contribution < -0.4 is 20.1 Å². The van der Waals surface area contributed by atoms with Gasteiger partial charge in [-0.25, -0.2) is 4.79 Å². The number of nitro groups is 1. The van der Waals surface area contributed by atoms with Gasteiger partial charge in [-0.1, -0.05) is 91.0 Å². The molecule has 0 aliphatic carbocycles. The standard InChI is InChI=1S/C31H25N3O6/c1-39-25-17-23(24(34(37)38)18-26(25)40-19-20-11-5-2-6-12-20)29-27(30(35)22-15-9-4-10-16-22)28(32-31(36)33-29)21-13-7-3-8-14-21/h2-18,29H,19H2,1H3,(H2,32,33,36)/t29-/m0/s1. The summed E-state index contributed by atoms with van der Waals surface area (Å²) in [4.78, 5) is 38.7. The second kappa shape index (κ2) is 11.5. The van der Waals surface area contributed by atoms with E-state index >= 15 is 0 Å². The normalized spacial score (nSPS) is 14.6. The maximum absolute atomic E-state index is 14.0. The number of urea groups is 1. The summed E-state index contributed by atoms with van der Waals surface area (Å²) in [5.41, 5.74) is 1.98. The van der Waals surface area contributed by atoms with Gasteiger partial charge in [0.25, 0.3) is 5.69 Å². The first-order chi connectivity index (χ1) is 19.5. The molecule has 1 aliphatic rings. The highest BCUT2D eigenvalue weighted by atomic mass is 16.6. The first-order valence-corrected chi connectivity index (χ1v) is 12.5. The molecule has 0 saturated heterocycles. The number of carbonyl (C=O) groups excluding carboxylic acids is 2. The van der Waals surface area contributed by atoms with Gasteiger partial charge in [0.15, 0.2) is 17.3 Å². The zero-order chi connectivity index (χ0) is 28.1. The van der Waals surface area contributed by atoms with E-state index in [1.807, 2.05) is 36.4 Å². The van der Waals surface area contributed by atoms with Gasteiger partial charge in [0.1, 0.15) is 6.61 Å². The van der Waals surface area contributed by atoms with Crippen LogP contribution in [-0.2, 0) is 6.61 Å². The molecule has 1 aliphatic heterocycles. The molecule has 2 amide bonds. The highest BCUT2D eigenvalue weighted by Gasteiger charge is 2.38. The molecule has 9 heteroatoms. The molecule has 5 rings (SSSR count). The third-order valence-corrected chi connectivity index (χ3v) is 6.47. The molecule has 0 bridgehead atoms. The van der Waals surface area contributed by atoms with Crippen molar-refractivity contribution in [2.24, 2.45) is 0 Å². The second-order valence-electron chi connectivity index (χ2n) is 8.97. The molecule has 1 atom stereocenters. The van der Waals surface area contributed by atoms with Gasteiger partial charge in [-0.15, -0.1) is 0 Å². The number of methoxy groups -OCH3 is 1. The van der Waals surface area contributed by atoms with E-state index in [-0.39, 0.29) is 40.6 Å². The zero-order valence-corrected chi connectivity index (χ0v) is 21.5. The van der Waals surface area contributed by atoms with Crippen molar-refractivity contribution in [3.8, 4) is 11.5 Å². The van der Waals surface area contributed by atoms with Gasteiger partial charge in [0, 0.05) is 5.56 Å². The maximum atomic E-state index is 14.0. The summed E-state index contributed by atoms with van der Waals surface area (Å²) in [6.07, 6.45) is 0. The van der Waals surface area contributed by atoms with Crippen molar-refractivity contribution in [1.29, 1.82) is 0 Å². The van der Waals surface area contributed by atoms with Gasteiger partial charge in [0.05, 0.1) is 41.0 Å². The Morgan fingerprint density at radius 1 is 0.900 bits per heavy atom. The number of Topliss-reactive ketones (excluding diaryl/α,β-unsaturated/α-hetero) is 1. The molecule has 0 saturated carbocycles. The van der Waals surface area contributed by atoms with Gasteiger partial charge in [0.2, 0.25) is 0 Å². The third-order valence-electron chi connectivity index (χ3n) is 6.47. The molecule has 4 aromatic carbocycles. The van der Waals surface area contributed by atoms with Crippen molar-refractivity contribution in [1.82, 2.24) is 10.6 Å². The molecule has 2 N–H and O–H groups in total. The summed E-state index contributed by atoms with van der Waals surface area (Å²) in [6, 6.07) is 27.7. The Morgan fingerprint density at radius 2 is 1.52 bits per heavy atom. The van der Waals surface area contributed by atoms with E-state index in [0.717, 1.165) is 5.56 Å². The van der Waals surface area contributed by atoms with Crippen LogP contribution in [0, 0.1) is 10.1 Å². The largest absolute Gasteiger partial charge is 0.493 e. The van der Waals surface area contributed by atoms with Gasteiger partial charge >= 0.3 is 6.03 Å². The highest BCUT2D eigenvalue weighted by molar-refractivity contribution is 6.16. The quantitative estimate of drug-likeness (QED) is 0.158. The topological polar surface area (TPSA) is 120 Å². The second-order valence-corrected chi connectivity index (χ2v) is 8.97. The Morgan fingerprint density at radius 3 is 2.15 bits per heavy atom. The van der Waals surface area contributed by atoms with Crippen LogP contribution in [0.15, 0.2) is 109 Å².